The average molecular weight is 373 g/mol. The molecule has 1 amide bonds. The van der Waals surface area contributed by atoms with Crippen molar-refractivity contribution in [1.82, 2.24) is 14.7 Å². The number of hydrogen-bond acceptors (Lipinski definition) is 4. The number of carboxylic acid groups (broad SMARTS) is 1. The molecule has 1 aromatic heterocycles. The maximum atomic E-state index is 13.2. The summed E-state index contributed by atoms with van der Waals surface area (Å²) in [5.74, 6) is -0.938. The molecule has 2 rings (SSSR count). The number of carboxylic acids is 1. The minimum absolute atomic E-state index is 0.103. The molecular formula is C20H27N3O4. The second kappa shape index (κ2) is 8.79. The summed E-state index contributed by atoms with van der Waals surface area (Å²) in [5, 5.41) is 14.3. The molecule has 0 fully saturated rings. The highest BCUT2D eigenvalue weighted by atomic mass is 16.4. The number of amides is 1. The summed E-state index contributed by atoms with van der Waals surface area (Å²) in [4.78, 5) is 38.4. The zero-order valence-electron chi connectivity index (χ0n) is 16.3. The van der Waals surface area contributed by atoms with Gasteiger partial charge in [-0.3, -0.25) is 14.4 Å². The first-order valence-corrected chi connectivity index (χ1v) is 9.21. The largest absolute Gasteiger partial charge is 0.481 e. The number of fused-ring (bicyclic) bond motifs is 1. The summed E-state index contributed by atoms with van der Waals surface area (Å²) in [5.41, 5.74) is -0.0336. The predicted octanol–water partition coefficient (Wildman–Crippen LogP) is 2.63. The minimum atomic E-state index is -0.959. The van der Waals surface area contributed by atoms with E-state index in [9.17, 15) is 14.4 Å². The molecule has 27 heavy (non-hydrogen) atoms. The standard InChI is InChI=1S/C20H27N3O4/c1-13(2)11-22(10-9-17(24)25)20(27)18-15-7-5-6-8-16(15)19(26)23(21-18)12-14(3)4/h5-8,13-14H,9-12H2,1-4H3,(H,24,25). The van der Waals surface area contributed by atoms with E-state index in [4.69, 9.17) is 5.11 Å². The van der Waals surface area contributed by atoms with Gasteiger partial charge >= 0.3 is 5.97 Å². The van der Waals surface area contributed by atoms with Gasteiger partial charge in [-0.25, -0.2) is 4.68 Å². The first-order chi connectivity index (χ1) is 12.7. The minimum Gasteiger partial charge on any atom is -0.481 e. The molecule has 146 valence electrons. The Hall–Kier alpha value is -2.70. The van der Waals surface area contributed by atoms with Crippen molar-refractivity contribution in [3.05, 3.63) is 40.3 Å². The average Bonchev–Trinajstić information content (AvgIpc) is 2.59. The van der Waals surface area contributed by atoms with Gasteiger partial charge in [0.2, 0.25) is 0 Å². The van der Waals surface area contributed by atoms with Crippen LogP contribution in [0.25, 0.3) is 10.8 Å². The molecule has 2 aromatic rings. The van der Waals surface area contributed by atoms with Gasteiger partial charge in [0.1, 0.15) is 0 Å². The lowest BCUT2D eigenvalue weighted by Gasteiger charge is -2.24. The fourth-order valence-electron chi connectivity index (χ4n) is 2.96. The second-order valence-electron chi connectivity index (χ2n) is 7.56. The molecule has 0 aliphatic rings. The quantitative estimate of drug-likeness (QED) is 0.768. The van der Waals surface area contributed by atoms with Crippen LogP contribution in [0, 0.1) is 11.8 Å². The zero-order valence-corrected chi connectivity index (χ0v) is 16.3. The van der Waals surface area contributed by atoms with Crippen molar-refractivity contribution >= 4 is 22.6 Å². The maximum absolute atomic E-state index is 13.2. The summed E-state index contributed by atoms with van der Waals surface area (Å²) >= 11 is 0. The number of aromatic nitrogens is 2. The third-order valence-corrected chi connectivity index (χ3v) is 4.08. The lowest BCUT2D eigenvalue weighted by molar-refractivity contribution is -0.137. The van der Waals surface area contributed by atoms with Gasteiger partial charge in [0.05, 0.1) is 11.8 Å². The molecule has 0 saturated heterocycles. The zero-order chi connectivity index (χ0) is 20.1. The van der Waals surface area contributed by atoms with Crippen LogP contribution in [0.15, 0.2) is 29.1 Å². The van der Waals surface area contributed by atoms with E-state index in [2.05, 4.69) is 5.10 Å². The van der Waals surface area contributed by atoms with Gasteiger partial charge in [-0.1, -0.05) is 45.9 Å². The van der Waals surface area contributed by atoms with E-state index in [0.717, 1.165) is 0 Å². The van der Waals surface area contributed by atoms with Crippen molar-refractivity contribution in [2.45, 2.75) is 40.7 Å². The first-order valence-electron chi connectivity index (χ1n) is 9.21. The summed E-state index contributed by atoms with van der Waals surface area (Å²) in [6.45, 7) is 8.81. The van der Waals surface area contributed by atoms with Crippen molar-refractivity contribution in [3.8, 4) is 0 Å². The van der Waals surface area contributed by atoms with Crippen LogP contribution in [0.5, 0.6) is 0 Å². The van der Waals surface area contributed by atoms with Crippen LogP contribution in [-0.2, 0) is 11.3 Å². The van der Waals surface area contributed by atoms with Crippen molar-refractivity contribution < 1.29 is 14.7 Å². The molecule has 1 heterocycles. The Morgan fingerprint density at radius 2 is 1.74 bits per heavy atom. The van der Waals surface area contributed by atoms with Gasteiger partial charge < -0.3 is 10.0 Å². The Balaban J connectivity index is 2.56. The van der Waals surface area contributed by atoms with Crippen molar-refractivity contribution in [2.75, 3.05) is 13.1 Å². The van der Waals surface area contributed by atoms with Crippen LogP contribution < -0.4 is 5.56 Å². The number of rotatable bonds is 8. The topological polar surface area (TPSA) is 92.5 Å². The van der Waals surface area contributed by atoms with Gasteiger partial charge in [-0.05, 0) is 17.9 Å². The van der Waals surface area contributed by atoms with Crippen molar-refractivity contribution in [3.63, 3.8) is 0 Å². The van der Waals surface area contributed by atoms with Crippen LogP contribution in [0.4, 0.5) is 0 Å². The number of aliphatic carboxylic acids is 1. The molecule has 0 unspecified atom stereocenters. The fraction of sp³-hybridized carbons (Fsp3) is 0.500. The fourth-order valence-corrected chi connectivity index (χ4v) is 2.96. The van der Waals surface area contributed by atoms with Crippen LogP contribution in [0.3, 0.4) is 0 Å². The lowest BCUT2D eigenvalue weighted by atomic mass is 10.1. The van der Waals surface area contributed by atoms with Gasteiger partial charge in [-0.2, -0.15) is 5.10 Å². The Labute approximate surface area is 158 Å². The maximum Gasteiger partial charge on any atom is 0.305 e. The van der Waals surface area contributed by atoms with E-state index in [1.165, 1.54) is 9.58 Å². The van der Waals surface area contributed by atoms with Gasteiger partial charge in [0.15, 0.2) is 5.69 Å². The molecule has 0 bridgehead atoms. The number of nitrogens with zero attached hydrogens (tertiary/aromatic N) is 3. The van der Waals surface area contributed by atoms with E-state index < -0.39 is 5.97 Å². The number of carbonyl (C=O) groups excluding carboxylic acids is 1. The van der Waals surface area contributed by atoms with Crippen LogP contribution in [0.1, 0.15) is 44.6 Å². The number of benzene rings is 1. The van der Waals surface area contributed by atoms with Crippen molar-refractivity contribution in [1.29, 1.82) is 0 Å². The van der Waals surface area contributed by atoms with E-state index in [1.54, 1.807) is 24.3 Å². The van der Waals surface area contributed by atoms with E-state index >= 15 is 0 Å². The lowest BCUT2D eigenvalue weighted by Crippen LogP contribution is -2.38. The molecule has 1 N–H and O–H groups in total. The predicted molar refractivity (Wildman–Crippen MR) is 104 cm³/mol. The second-order valence-corrected chi connectivity index (χ2v) is 7.56. The third-order valence-electron chi connectivity index (χ3n) is 4.08. The molecule has 7 nitrogen and oxygen atoms in total. The molecule has 0 aliphatic carbocycles. The van der Waals surface area contributed by atoms with Gasteiger partial charge in [-0.15, -0.1) is 0 Å². The monoisotopic (exact) mass is 373 g/mol. The third kappa shape index (κ3) is 5.15. The normalized spacial score (nSPS) is 11.3. The highest BCUT2D eigenvalue weighted by Gasteiger charge is 2.23. The molecular weight excluding hydrogens is 346 g/mol. The highest BCUT2D eigenvalue weighted by molar-refractivity contribution is 6.04. The molecule has 0 radical (unpaired) electrons. The molecule has 7 heteroatoms. The van der Waals surface area contributed by atoms with E-state index in [1.807, 2.05) is 27.7 Å². The molecule has 1 aromatic carbocycles. The molecule has 0 saturated carbocycles. The SMILES string of the molecule is CC(C)CN(CCC(=O)O)C(=O)c1nn(CC(C)C)c(=O)c2ccccc12. The van der Waals surface area contributed by atoms with E-state index in [-0.39, 0.29) is 42.0 Å². The molecule has 0 atom stereocenters. The molecule has 0 aliphatic heterocycles. The van der Waals surface area contributed by atoms with Crippen LogP contribution in [-0.4, -0.2) is 44.8 Å². The van der Waals surface area contributed by atoms with Crippen molar-refractivity contribution in [2.24, 2.45) is 11.8 Å². The Kier molecular flexibility index (Phi) is 6.71. The van der Waals surface area contributed by atoms with E-state index in [0.29, 0.717) is 23.9 Å². The van der Waals surface area contributed by atoms with Crippen LogP contribution in [0.2, 0.25) is 0 Å². The summed E-state index contributed by atoms with van der Waals surface area (Å²) in [6, 6.07) is 6.92. The Bertz CT molecular complexity index is 886. The highest BCUT2D eigenvalue weighted by Crippen LogP contribution is 2.17. The summed E-state index contributed by atoms with van der Waals surface area (Å²) in [6.07, 6.45) is -0.137. The Morgan fingerprint density at radius 1 is 1.11 bits per heavy atom. The summed E-state index contributed by atoms with van der Waals surface area (Å²) in [7, 11) is 0. The number of hydrogen-bond donors (Lipinski definition) is 1. The number of carbonyl (C=O) groups is 2. The van der Waals surface area contributed by atoms with Gasteiger partial charge in [0.25, 0.3) is 11.5 Å². The smallest absolute Gasteiger partial charge is 0.305 e. The molecule has 0 spiro atoms. The van der Waals surface area contributed by atoms with Gasteiger partial charge in [0, 0.05) is 25.0 Å². The summed E-state index contributed by atoms with van der Waals surface area (Å²) < 4.78 is 1.34. The Morgan fingerprint density at radius 3 is 2.30 bits per heavy atom. The first kappa shape index (κ1) is 20.6. The van der Waals surface area contributed by atoms with Crippen LogP contribution >= 0.6 is 0 Å².